The van der Waals surface area contributed by atoms with E-state index in [4.69, 9.17) is 0 Å². The minimum absolute atomic E-state index is 0.0484. The predicted molar refractivity (Wildman–Crippen MR) is 96.1 cm³/mol. The number of benzene rings is 2. The second-order valence-electron chi connectivity index (χ2n) is 6.07. The van der Waals surface area contributed by atoms with Crippen molar-refractivity contribution in [1.82, 2.24) is 10.2 Å². The summed E-state index contributed by atoms with van der Waals surface area (Å²) in [4.78, 5) is 25.6. The Morgan fingerprint density at radius 2 is 1.81 bits per heavy atom. The van der Waals surface area contributed by atoms with Gasteiger partial charge in [-0.3, -0.25) is 9.59 Å². The fraction of sp³-hybridized carbons (Fsp3) is 0.263. The maximum Gasteiger partial charge on any atom is 0.233 e. The number of halogens is 3. The number of amides is 2. The van der Waals surface area contributed by atoms with Gasteiger partial charge in [-0.25, -0.2) is 13.2 Å². The molecular weight excluding hydrogens is 377 g/mol. The van der Waals surface area contributed by atoms with Gasteiger partial charge in [-0.1, -0.05) is 18.2 Å². The lowest BCUT2D eigenvalue weighted by atomic mass is 10.2. The normalized spacial score (nSPS) is 16.6. The van der Waals surface area contributed by atoms with Gasteiger partial charge in [0.15, 0.2) is 0 Å². The maximum atomic E-state index is 14.0. The third kappa shape index (κ3) is 4.82. The van der Waals surface area contributed by atoms with Crippen LogP contribution in [0.5, 0.6) is 0 Å². The lowest BCUT2D eigenvalue weighted by molar-refractivity contribution is -0.129. The molecule has 1 saturated heterocycles. The summed E-state index contributed by atoms with van der Waals surface area (Å²) >= 11 is 1.24. The summed E-state index contributed by atoms with van der Waals surface area (Å²) in [6.45, 7) is 0.375. The topological polar surface area (TPSA) is 49.4 Å². The summed E-state index contributed by atoms with van der Waals surface area (Å²) < 4.78 is 40.0. The van der Waals surface area contributed by atoms with E-state index in [0.29, 0.717) is 0 Å². The van der Waals surface area contributed by atoms with Gasteiger partial charge in [0, 0.05) is 31.1 Å². The van der Waals surface area contributed by atoms with Crippen LogP contribution in [0.1, 0.15) is 22.9 Å². The van der Waals surface area contributed by atoms with Crippen LogP contribution in [-0.2, 0) is 16.1 Å². The van der Waals surface area contributed by atoms with Gasteiger partial charge in [-0.05, 0) is 23.8 Å². The third-order valence-electron chi connectivity index (χ3n) is 4.18. The smallest absolute Gasteiger partial charge is 0.233 e. The van der Waals surface area contributed by atoms with Crippen molar-refractivity contribution in [1.29, 1.82) is 0 Å². The SMILES string of the molecule is O=C(CCN1C(=O)CSC1c1ccc(F)cc1F)NCc1ccc(F)cc1. The summed E-state index contributed by atoms with van der Waals surface area (Å²) in [5, 5.41) is 2.12. The first-order valence-corrected chi connectivity index (χ1v) is 9.36. The highest BCUT2D eigenvalue weighted by atomic mass is 32.2. The van der Waals surface area contributed by atoms with Crippen LogP contribution in [0, 0.1) is 17.5 Å². The van der Waals surface area contributed by atoms with E-state index in [1.807, 2.05) is 0 Å². The Kier molecular flexibility index (Phi) is 6.05. The van der Waals surface area contributed by atoms with Crippen LogP contribution < -0.4 is 5.32 Å². The van der Waals surface area contributed by atoms with Gasteiger partial charge in [-0.2, -0.15) is 0 Å². The molecule has 3 rings (SSSR count). The van der Waals surface area contributed by atoms with Crippen molar-refractivity contribution in [2.24, 2.45) is 0 Å². The highest BCUT2D eigenvalue weighted by molar-refractivity contribution is 8.00. The van der Waals surface area contributed by atoms with Crippen molar-refractivity contribution in [2.45, 2.75) is 18.3 Å². The first-order chi connectivity index (χ1) is 12.9. The Bertz CT molecular complexity index is 845. The van der Waals surface area contributed by atoms with E-state index in [1.165, 1.54) is 34.9 Å². The number of carbonyl (C=O) groups is 2. The van der Waals surface area contributed by atoms with Crippen molar-refractivity contribution < 1.29 is 22.8 Å². The standard InChI is InChI=1S/C19H17F3N2O2S/c20-13-3-1-12(2-4-13)10-23-17(25)7-8-24-18(26)11-27-19(24)15-6-5-14(21)9-16(15)22/h1-6,9,19H,7-8,10-11H2,(H,23,25). The molecule has 2 aromatic rings. The number of hydrogen-bond donors (Lipinski definition) is 1. The minimum atomic E-state index is -0.715. The fourth-order valence-corrected chi connectivity index (χ4v) is 4.01. The van der Waals surface area contributed by atoms with Crippen molar-refractivity contribution in [3.8, 4) is 0 Å². The molecule has 1 unspecified atom stereocenters. The molecule has 0 aromatic heterocycles. The third-order valence-corrected chi connectivity index (χ3v) is 5.42. The van der Waals surface area contributed by atoms with Crippen LogP contribution in [-0.4, -0.2) is 29.0 Å². The van der Waals surface area contributed by atoms with Crippen molar-refractivity contribution in [2.75, 3.05) is 12.3 Å². The van der Waals surface area contributed by atoms with Crippen LogP contribution in [0.15, 0.2) is 42.5 Å². The van der Waals surface area contributed by atoms with Gasteiger partial charge in [0.25, 0.3) is 0 Å². The first-order valence-electron chi connectivity index (χ1n) is 8.31. The lowest BCUT2D eigenvalue weighted by Crippen LogP contribution is -2.33. The molecular formula is C19H17F3N2O2S. The second kappa shape index (κ2) is 8.47. The molecule has 0 aliphatic carbocycles. The summed E-state index contributed by atoms with van der Waals surface area (Å²) in [6, 6.07) is 9.02. The van der Waals surface area contributed by atoms with E-state index in [9.17, 15) is 22.8 Å². The minimum Gasteiger partial charge on any atom is -0.352 e. The molecule has 1 heterocycles. The Hall–Kier alpha value is -2.48. The van der Waals surface area contributed by atoms with Gasteiger partial charge < -0.3 is 10.2 Å². The molecule has 1 atom stereocenters. The average molecular weight is 394 g/mol. The number of nitrogens with zero attached hydrogens (tertiary/aromatic N) is 1. The van der Waals surface area contributed by atoms with E-state index in [2.05, 4.69) is 5.32 Å². The molecule has 0 bridgehead atoms. The number of thioether (sulfide) groups is 1. The number of nitrogens with one attached hydrogen (secondary N) is 1. The highest BCUT2D eigenvalue weighted by Crippen LogP contribution is 2.39. The molecule has 2 aromatic carbocycles. The van der Waals surface area contributed by atoms with E-state index in [-0.39, 0.29) is 48.5 Å². The Labute approximate surface area is 158 Å². The Balaban J connectivity index is 1.57. The number of rotatable bonds is 6. The van der Waals surface area contributed by atoms with Gasteiger partial charge in [0.2, 0.25) is 11.8 Å². The zero-order valence-electron chi connectivity index (χ0n) is 14.3. The summed E-state index contributed by atoms with van der Waals surface area (Å²) in [5.74, 6) is -2.04. The van der Waals surface area contributed by atoms with Crippen LogP contribution >= 0.6 is 11.8 Å². The predicted octanol–water partition coefficient (Wildman–Crippen LogP) is 3.38. The van der Waals surface area contributed by atoms with Gasteiger partial charge in [0.1, 0.15) is 22.8 Å². The first kappa shape index (κ1) is 19.3. The van der Waals surface area contributed by atoms with Crippen molar-refractivity contribution in [3.05, 3.63) is 71.0 Å². The Morgan fingerprint density at radius 1 is 1.11 bits per heavy atom. The highest BCUT2D eigenvalue weighted by Gasteiger charge is 2.34. The second-order valence-corrected chi connectivity index (χ2v) is 7.14. The van der Waals surface area contributed by atoms with Crippen molar-refractivity contribution >= 4 is 23.6 Å². The monoisotopic (exact) mass is 394 g/mol. The van der Waals surface area contributed by atoms with Crippen molar-refractivity contribution in [3.63, 3.8) is 0 Å². The molecule has 2 amide bonds. The van der Waals surface area contributed by atoms with Crippen LogP contribution in [0.4, 0.5) is 13.2 Å². The van der Waals surface area contributed by atoms with Crippen LogP contribution in [0.3, 0.4) is 0 Å². The van der Waals surface area contributed by atoms with Gasteiger partial charge in [0.05, 0.1) is 5.75 Å². The quantitative estimate of drug-likeness (QED) is 0.817. The molecule has 4 nitrogen and oxygen atoms in total. The zero-order chi connectivity index (χ0) is 19.4. The molecule has 0 saturated carbocycles. The lowest BCUT2D eigenvalue weighted by Gasteiger charge is -2.24. The zero-order valence-corrected chi connectivity index (χ0v) is 15.1. The Morgan fingerprint density at radius 3 is 2.52 bits per heavy atom. The van der Waals surface area contributed by atoms with Gasteiger partial charge >= 0.3 is 0 Å². The molecule has 0 spiro atoms. The number of hydrogen-bond acceptors (Lipinski definition) is 3. The molecule has 1 aliphatic rings. The van der Waals surface area contributed by atoms with E-state index < -0.39 is 17.0 Å². The molecule has 1 N–H and O–H groups in total. The van der Waals surface area contributed by atoms with Crippen LogP contribution in [0.2, 0.25) is 0 Å². The number of carbonyl (C=O) groups excluding carboxylic acids is 2. The molecule has 1 fully saturated rings. The molecule has 142 valence electrons. The molecule has 0 radical (unpaired) electrons. The molecule has 8 heteroatoms. The average Bonchev–Trinajstić information content (AvgIpc) is 3.00. The van der Waals surface area contributed by atoms with E-state index in [1.54, 1.807) is 12.1 Å². The fourth-order valence-electron chi connectivity index (χ4n) is 2.77. The summed E-state index contributed by atoms with van der Waals surface area (Å²) in [7, 11) is 0. The summed E-state index contributed by atoms with van der Waals surface area (Å²) in [6.07, 6.45) is 0.0484. The van der Waals surface area contributed by atoms with Crippen LogP contribution in [0.25, 0.3) is 0 Å². The maximum absolute atomic E-state index is 14.0. The largest absolute Gasteiger partial charge is 0.352 e. The van der Waals surface area contributed by atoms with E-state index >= 15 is 0 Å². The van der Waals surface area contributed by atoms with Gasteiger partial charge in [-0.15, -0.1) is 11.8 Å². The summed E-state index contributed by atoms with van der Waals surface area (Å²) in [5.41, 5.74) is 0.975. The van der Waals surface area contributed by atoms with E-state index in [0.717, 1.165) is 17.7 Å². The molecule has 27 heavy (non-hydrogen) atoms. The molecule has 1 aliphatic heterocycles.